The van der Waals surface area contributed by atoms with E-state index in [1.807, 2.05) is 30.0 Å². The largest absolute Gasteiger partial charge is 0.342 e. The molecule has 3 heterocycles. The van der Waals surface area contributed by atoms with Crippen LogP contribution in [0.5, 0.6) is 0 Å². The first-order chi connectivity index (χ1) is 14.0. The summed E-state index contributed by atoms with van der Waals surface area (Å²) < 4.78 is 5.72. The van der Waals surface area contributed by atoms with Gasteiger partial charge in [-0.2, -0.15) is 0 Å². The van der Waals surface area contributed by atoms with E-state index in [2.05, 4.69) is 25.2 Å². The number of hydrogen-bond donors (Lipinski definition) is 1. The topological polar surface area (TPSA) is 101 Å². The summed E-state index contributed by atoms with van der Waals surface area (Å²) in [7, 11) is 0. The van der Waals surface area contributed by atoms with Gasteiger partial charge in [-0.1, -0.05) is 10.3 Å². The molecule has 4 rings (SSSR count). The van der Waals surface area contributed by atoms with Gasteiger partial charge in [0, 0.05) is 25.2 Å². The van der Waals surface area contributed by atoms with E-state index in [-0.39, 0.29) is 24.2 Å². The van der Waals surface area contributed by atoms with Crippen LogP contribution in [-0.2, 0) is 16.0 Å². The summed E-state index contributed by atoms with van der Waals surface area (Å²) in [6, 6.07) is 5.80. The number of fused-ring (bicyclic) bond motifs is 1. The molecule has 2 aromatic heterocycles. The first-order valence-electron chi connectivity index (χ1n) is 9.71. The number of amides is 2. The van der Waals surface area contributed by atoms with E-state index in [0.717, 1.165) is 33.8 Å². The van der Waals surface area contributed by atoms with Crippen molar-refractivity contribution >= 4 is 39.1 Å². The quantitative estimate of drug-likeness (QED) is 0.690. The maximum absolute atomic E-state index is 12.5. The Kier molecular flexibility index (Phi) is 5.57. The Morgan fingerprint density at radius 3 is 2.76 bits per heavy atom. The summed E-state index contributed by atoms with van der Waals surface area (Å²) >= 11 is 1.62. The van der Waals surface area contributed by atoms with Crippen LogP contribution in [0, 0.1) is 19.8 Å². The monoisotopic (exact) mass is 413 g/mol. The predicted octanol–water partition coefficient (Wildman–Crippen LogP) is 3.11. The lowest BCUT2D eigenvalue weighted by Gasteiger charge is -2.31. The minimum atomic E-state index is 0.0136. The second-order valence-electron chi connectivity index (χ2n) is 7.46. The molecule has 0 radical (unpaired) electrons. The van der Waals surface area contributed by atoms with Gasteiger partial charge >= 0.3 is 0 Å². The van der Waals surface area contributed by atoms with Gasteiger partial charge in [-0.05, 0) is 50.8 Å². The standard InChI is InChI=1S/C20H23N5O3S/c1-12-17(24-28-23-12)11-20(27)25-7-5-14(6-8-25)9-19(26)22-15-3-4-16-18(10-15)29-13(2)21-16/h3-4,10,14H,5-9,11H2,1-2H3,(H,22,26). The smallest absolute Gasteiger partial charge is 0.228 e. The zero-order valence-corrected chi connectivity index (χ0v) is 17.3. The summed E-state index contributed by atoms with van der Waals surface area (Å²) in [5.74, 6) is 0.323. The molecule has 1 N–H and O–H groups in total. The molecule has 0 aliphatic carbocycles. The van der Waals surface area contributed by atoms with Crippen molar-refractivity contribution in [2.24, 2.45) is 5.92 Å². The Morgan fingerprint density at radius 2 is 2.03 bits per heavy atom. The maximum atomic E-state index is 12.5. The van der Waals surface area contributed by atoms with Crippen LogP contribution in [0.3, 0.4) is 0 Å². The van der Waals surface area contributed by atoms with Crippen LogP contribution < -0.4 is 5.32 Å². The predicted molar refractivity (Wildman–Crippen MR) is 110 cm³/mol. The van der Waals surface area contributed by atoms with Crippen LogP contribution >= 0.6 is 11.3 Å². The number of carbonyl (C=O) groups is 2. The van der Waals surface area contributed by atoms with Crippen molar-refractivity contribution in [2.75, 3.05) is 18.4 Å². The molecule has 1 saturated heterocycles. The number of nitrogens with zero attached hydrogens (tertiary/aromatic N) is 4. The van der Waals surface area contributed by atoms with Crippen LogP contribution in [-0.4, -0.2) is 45.1 Å². The van der Waals surface area contributed by atoms with Gasteiger partial charge in [0.1, 0.15) is 11.4 Å². The minimum absolute atomic E-state index is 0.0136. The first-order valence-corrected chi connectivity index (χ1v) is 10.5. The second-order valence-corrected chi connectivity index (χ2v) is 8.70. The lowest BCUT2D eigenvalue weighted by molar-refractivity contribution is -0.132. The van der Waals surface area contributed by atoms with Crippen molar-refractivity contribution in [3.63, 3.8) is 0 Å². The molecule has 1 aromatic carbocycles. The normalized spacial score (nSPS) is 15.0. The molecule has 152 valence electrons. The van der Waals surface area contributed by atoms with Crippen molar-refractivity contribution in [1.82, 2.24) is 20.2 Å². The third-order valence-corrected chi connectivity index (χ3v) is 6.22. The Bertz CT molecular complexity index is 1040. The number of rotatable bonds is 5. The fourth-order valence-corrected chi connectivity index (χ4v) is 4.51. The highest BCUT2D eigenvalue weighted by Crippen LogP contribution is 2.26. The molecule has 0 spiro atoms. The summed E-state index contributed by atoms with van der Waals surface area (Å²) in [6.07, 6.45) is 2.32. The first kappa shape index (κ1) is 19.5. The van der Waals surface area contributed by atoms with Crippen molar-refractivity contribution in [1.29, 1.82) is 0 Å². The Hall–Kier alpha value is -2.81. The molecule has 0 atom stereocenters. The molecule has 1 aliphatic rings. The molecular formula is C20H23N5O3S. The zero-order chi connectivity index (χ0) is 20.4. The van der Waals surface area contributed by atoms with E-state index < -0.39 is 0 Å². The molecule has 29 heavy (non-hydrogen) atoms. The van der Waals surface area contributed by atoms with E-state index in [4.69, 9.17) is 0 Å². The third-order valence-electron chi connectivity index (χ3n) is 5.29. The Morgan fingerprint density at radius 1 is 1.24 bits per heavy atom. The molecule has 8 nitrogen and oxygen atoms in total. The molecule has 1 aliphatic heterocycles. The molecular weight excluding hydrogens is 390 g/mol. The minimum Gasteiger partial charge on any atom is -0.342 e. The number of benzene rings is 1. The number of aromatic nitrogens is 3. The fourth-order valence-electron chi connectivity index (χ4n) is 3.64. The van der Waals surface area contributed by atoms with Gasteiger partial charge in [0.05, 0.1) is 21.6 Å². The Balaban J connectivity index is 1.26. The third kappa shape index (κ3) is 4.61. The average Bonchev–Trinajstić information content (AvgIpc) is 3.26. The van der Waals surface area contributed by atoms with E-state index >= 15 is 0 Å². The number of likely N-dealkylation sites (tertiary alicyclic amines) is 1. The summed E-state index contributed by atoms with van der Waals surface area (Å²) in [4.78, 5) is 31.2. The van der Waals surface area contributed by atoms with Crippen LogP contribution in [0.1, 0.15) is 35.7 Å². The lowest BCUT2D eigenvalue weighted by Crippen LogP contribution is -2.40. The van der Waals surface area contributed by atoms with Crippen molar-refractivity contribution in [3.8, 4) is 0 Å². The molecule has 1 fully saturated rings. The zero-order valence-electron chi connectivity index (χ0n) is 16.5. The molecule has 9 heteroatoms. The number of aryl methyl sites for hydroxylation is 2. The van der Waals surface area contributed by atoms with E-state index in [1.165, 1.54) is 0 Å². The summed E-state index contributed by atoms with van der Waals surface area (Å²) in [6.45, 7) is 5.07. The van der Waals surface area contributed by atoms with Crippen molar-refractivity contribution in [2.45, 2.75) is 39.5 Å². The number of anilines is 1. The van der Waals surface area contributed by atoms with E-state index in [1.54, 1.807) is 18.3 Å². The van der Waals surface area contributed by atoms with Crippen LogP contribution in [0.2, 0.25) is 0 Å². The Labute approximate surface area is 172 Å². The highest BCUT2D eigenvalue weighted by Gasteiger charge is 2.25. The highest BCUT2D eigenvalue weighted by atomic mass is 32.1. The SMILES string of the molecule is Cc1nc2ccc(NC(=O)CC3CCN(C(=O)Cc4nonc4C)CC3)cc2s1. The molecule has 0 bridgehead atoms. The fraction of sp³-hybridized carbons (Fsp3) is 0.450. The van der Waals surface area contributed by atoms with Gasteiger partial charge in [-0.15, -0.1) is 11.3 Å². The highest BCUT2D eigenvalue weighted by molar-refractivity contribution is 7.18. The molecule has 0 unspecified atom stereocenters. The van der Waals surface area contributed by atoms with Crippen LogP contribution in [0.15, 0.2) is 22.8 Å². The number of nitrogens with one attached hydrogen (secondary N) is 1. The average molecular weight is 414 g/mol. The number of piperidine rings is 1. The molecule has 2 amide bonds. The van der Waals surface area contributed by atoms with Gasteiger partial charge in [0.25, 0.3) is 0 Å². The van der Waals surface area contributed by atoms with Gasteiger partial charge in [0.15, 0.2) is 0 Å². The molecule has 0 saturated carbocycles. The number of carbonyl (C=O) groups excluding carboxylic acids is 2. The van der Waals surface area contributed by atoms with Crippen molar-refractivity contribution in [3.05, 3.63) is 34.6 Å². The van der Waals surface area contributed by atoms with Crippen LogP contribution in [0.25, 0.3) is 10.2 Å². The lowest BCUT2D eigenvalue weighted by atomic mass is 9.93. The van der Waals surface area contributed by atoms with Gasteiger partial charge in [-0.3, -0.25) is 9.59 Å². The second kappa shape index (κ2) is 8.28. The van der Waals surface area contributed by atoms with Gasteiger partial charge in [0.2, 0.25) is 11.8 Å². The van der Waals surface area contributed by atoms with Gasteiger partial charge in [-0.25, -0.2) is 9.61 Å². The van der Waals surface area contributed by atoms with E-state index in [9.17, 15) is 9.59 Å². The molecule has 3 aromatic rings. The number of thiazole rings is 1. The van der Waals surface area contributed by atoms with E-state index in [0.29, 0.717) is 30.9 Å². The van der Waals surface area contributed by atoms with Crippen molar-refractivity contribution < 1.29 is 14.2 Å². The van der Waals surface area contributed by atoms with Gasteiger partial charge < -0.3 is 10.2 Å². The maximum Gasteiger partial charge on any atom is 0.228 e. The summed E-state index contributed by atoms with van der Waals surface area (Å²) in [5.41, 5.74) is 3.00. The number of hydrogen-bond acceptors (Lipinski definition) is 7. The van der Waals surface area contributed by atoms with Crippen LogP contribution in [0.4, 0.5) is 5.69 Å². The summed E-state index contributed by atoms with van der Waals surface area (Å²) in [5, 5.41) is 11.5.